The van der Waals surface area contributed by atoms with E-state index < -0.39 is 0 Å². The number of nitrogens with zero attached hydrogens (tertiary/aromatic N) is 1. The molecule has 0 aromatic heterocycles. The SMILES string of the molecule is COCC1CCCN(C(C)CC(=O)OC)C1. The van der Waals surface area contributed by atoms with E-state index in [-0.39, 0.29) is 12.0 Å². The van der Waals surface area contributed by atoms with Crippen LogP contribution in [0, 0.1) is 5.92 Å². The van der Waals surface area contributed by atoms with E-state index in [0.29, 0.717) is 12.3 Å². The first-order valence-electron chi connectivity index (χ1n) is 5.97. The van der Waals surface area contributed by atoms with E-state index >= 15 is 0 Å². The first-order chi connectivity index (χ1) is 7.67. The van der Waals surface area contributed by atoms with E-state index in [0.717, 1.165) is 19.7 Å². The van der Waals surface area contributed by atoms with Crippen LogP contribution in [-0.4, -0.2) is 50.8 Å². The highest BCUT2D eigenvalue weighted by Gasteiger charge is 2.24. The zero-order chi connectivity index (χ0) is 12.0. The van der Waals surface area contributed by atoms with Crippen LogP contribution in [0.1, 0.15) is 26.2 Å². The first kappa shape index (κ1) is 13.5. The van der Waals surface area contributed by atoms with Crippen LogP contribution in [-0.2, 0) is 14.3 Å². The molecule has 2 atom stereocenters. The van der Waals surface area contributed by atoms with Crippen molar-refractivity contribution in [2.45, 2.75) is 32.2 Å². The molecule has 16 heavy (non-hydrogen) atoms. The third kappa shape index (κ3) is 4.10. The number of methoxy groups -OCH3 is 2. The Morgan fingerprint density at radius 1 is 1.50 bits per heavy atom. The third-order valence-corrected chi connectivity index (χ3v) is 3.27. The summed E-state index contributed by atoms with van der Waals surface area (Å²) in [5.41, 5.74) is 0. The molecule has 94 valence electrons. The van der Waals surface area contributed by atoms with Crippen LogP contribution in [0.25, 0.3) is 0 Å². The van der Waals surface area contributed by atoms with Crippen molar-refractivity contribution in [1.82, 2.24) is 4.90 Å². The summed E-state index contributed by atoms with van der Waals surface area (Å²) in [6, 6.07) is 0.270. The largest absolute Gasteiger partial charge is 0.469 e. The molecule has 1 rings (SSSR count). The molecule has 0 saturated carbocycles. The van der Waals surface area contributed by atoms with Gasteiger partial charge in [0.2, 0.25) is 0 Å². The lowest BCUT2D eigenvalue weighted by Gasteiger charge is -2.36. The van der Waals surface area contributed by atoms with Gasteiger partial charge < -0.3 is 9.47 Å². The average Bonchev–Trinajstić information content (AvgIpc) is 2.29. The maximum atomic E-state index is 11.2. The molecular weight excluding hydrogens is 206 g/mol. The Morgan fingerprint density at radius 3 is 2.88 bits per heavy atom. The van der Waals surface area contributed by atoms with Gasteiger partial charge in [-0.1, -0.05) is 0 Å². The number of hydrogen-bond acceptors (Lipinski definition) is 4. The molecule has 4 heteroatoms. The molecule has 0 aromatic carbocycles. The summed E-state index contributed by atoms with van der Waals surface area (Å²) in [6.45, 7) is 5.03. The van der Waals surface area contributed by atoms with Gasteiger partial charge in [0, 0.05) is 19.7 Å². The molecule has 4 nitrogen and oxygen atoms in total. The van der Waals surface area contributed by atoms with Crippen molar-refractivity contribution in [2.75, 3.05) is 33.9 Å². The van der Waals surface area contributed by atoms with Crippen LogP contribution in [0.2, 0.25) is 0 Å². The summed E-state index contributed by atoms with van der Waals surface area (Å²) in [6.07, 6.45) is 2.91. The number of ether oxygens (including phenoxy) is 2. The molecule has 0 aliphatic carbocycles. The second kappa shape index (κ2) is 6.86. The van der Waals surface area contributed by atoms with Crippen LogP contribution < -0.4 is 0 Å². The van der Waals surface area contributed by atoms with Gasteiger partial charge in [-0.2, -0.15) is 0 Å². The third-order valence-electron chi connectivity index (χ3n) is 3.27. The molecule has 2 unspecified atom stereocenters. The fourth-order valence-electron chi connectivity index (χ4n) is 2.32. The predicted octanol–water partition coefficient (Wildman–Crippen LogP) is 1.30. The van der Waals surface area contributed by atoms with Crippen molar-refractivity contribution in [3.05, 3.63) is 0 Å². The second-order valence-corrected chi connectivity index (χ2v) is 4.59. The Morgan fingerprint density at radius 2 is 2.25 bits per heavy atom. The lowest BCUT2D eigenvalue weighted by molar-refractivity contribution is -0.142. The van der Waals surface area contributed by atoms with Gasteiger partial charge in [-0.15, -0.1) is 0 Å². The lowest BCUT2D eigenvalue weighted by Crippen LogP contribution is -2.43. The number of rotatable bonds is 5. The lowest BCUT2D eigenvalue weighted by atomic mass is 9.97. The van der Waals surface area contributed by atoms with E-state index in [2.05, 4.69) is 11.8 Å². The van der Waals surface area contributed by atoms with Crippen LogP contribution >= 0.6 is 0 Å². The molecule has 0 aromatic rings. The second-order valence-electron chi connectivity index (χ2n) is 4.59. The Labute approximate surface area is 97.9 Å². The number of carbonyl (C=O) groups is 1. The van der Waals surface area contributed by atoms with Gasteiger partial charge in [0.1, 0.15) is 0 Å². The van der Waals surface area contributed by atoms with Crippen LogP contribution in [0.3, 0.4) is 0 Å². The summed E-state index contributed by atoms with van der Waals surface area (Å²) in [7, 11) is 3.19. The topological polar surface area (TPSA) is 38.8 Å². The minimum Gasteiger partial charge on any atom is -0.469 e. The Kier molecular flexibility index (Phi) is 5.77. The van der Waals surface area contributed by atoms with E-state index in [1.807, 2.05) is 0 Å². The standard InChI is InChI=1S/C12H23NO3/c1-10(7-12(14)16-3)13-6-4-5-11(8-13)9-15-2/h10-11H,4-9H2,1-3H3. The fraction of sp³-hybridized carbons (Fsp3) is 0.917. The Balaban J connectivity index is 2.37. The Hall–Kier alpha value is -0.610. The molecule has 1 heterocycles. The van der Waals surface area contributed by atoms with Gasteiger partial charge in [-0.05, 0) is 32.2 Å². The molecule has 1 aliphatic rings. The molecular formula is C12H23NO3. The molecule has 0 spiro atoms. The van der Waals surface area contributed by atoms with Crippen molar-refractivity contribution in [3.63, 3.8) is 0 Å². The summed E-state index contributed by atoms with van der Waals surface area (Å²) >= 11 is 0. The molecule has 0 bridgehead atoms. The zero-order valence-electron chi connectivity index (χ0n) is 10.6. The minimum absolute atomic E-state index is 0.124. The quantitative estimate of drug-likeness (QED) is 0.666. The summed E-state index contributed by atoms with van der Waals surface area (Å²) in [4.78, 5) is 13.6. The minimum atomic E-state index is -0.124. The van der Waals surface area contributed by atoms with Crippen molar-refractivity contribution in [1.29, 1.82) is 0 Å². The van der Waals surface area contributed by atoms with Crippen LogP contribution in [0.5, 0.6) is 0 Å². The number of hydrogen-bond donors (Lipinski definition) is 0. The van der Waals surface area contributed by atoms with Crippen LogP contribution in [0.4, 0.5) is 0 Å². The van der Waals surface area contributed by atoms with Gasteiger partial charge in [0.25, 0.3) is 0 Å². The maximum absolute atomic E-state index is 11.2. The van der Waals surface area contributed by atoms with E-state index in [9.17, 15) is 4.79 Å². The molecule has 1 fully saturated rings. The normalized spacial score (nSPS) is 24.1. The first-order valence-corrected chi connectivity index (χ1v) is 5.97. The summed E-state index contributed by atoms with van der Waals surface area (Å²) in [5, 5.41) is 0. The molecule has 0 N–H and O–H groups in total. The number of esters is 1. The van der Waals surface area contributed by atoms with E-state index in [4.69, 9.17) is 9.47 Å². The average molecular weight is 229 g/mol. The molecule has 0 amide bonds. The number of piperidine rings is 1. The van der Waals surface area contributed by atoms with Gasteiger partial charge in [0.05, 0.1) is 20.1 Å². The number of likely N-dealkylation sites (tertiary alicyclic amines) is 1. The highest BCUT2D eigenvalue weighted by atomic mass is 16.5. The van der Waals surface area contributed by atoms with Crippen LogP contribution in [0.15, 0.2) is 0 Å². The molecule has 0 radical (unpaired) electrons. The molecule has 1 saturated heterocycles. The fourth-order valence-corrected chi connectivity index (χ4v) is 2.32. The van der Waals surface area contributed by atoms with Gasteiger partial charge in [0.15, 0.2) is 0 Å². The zero-order valence-corrected chi connectivity index (χ0v) is 10.6. The highest BCUT2D eigenvalue weighted by molar-refractivity contribution is 5.69. The number of carbonyl (C=O) groups excluding carboxylic acids is 1. The summed E-state index contributed by atoms with van der Waals surface area (Å²) < 4.78 is 9.89. The monoisotopic (exact) mass is 229 g/mol. The van der Waals surface area contributed by atoms with E-state index in [1.54, 1.807) is 7.11 Å². The smallest absolute Gasteiger partial charge is 0.307 e. The van der Waals surface area contributed by atoms with Crippen molar-refractivity contribution < 1.29 is 14.3 Å². The molecule has 1 aliphatic heterocycles. The maximum Gasteiger partial charge on any atom is 0.307 e. The predicted molar refractivity (Wildman–Crippen MR) is 62.3 cm³/mol. The van der Waals surface area contributed by atoms with Crippen molar-refractivity contribution >= 4 is 5.97 Å². The Bertz CT molecular complexity index is 218. The van der Waals surface area contributed by atoms with Gasteiger partial charge in [-0.25, -0.2) is 0 Å². The van der Waals surface area contributed by atoms with Crippen molar-refractivity contribution in [3.8, 4) is 0 Å². The van der Waals surface area contributed by atoms with Crippen molar-refractivity contribution in [2.24, 2.45) is 5.92 Å². The van der Waals surface area contributed by atoms with E-state index in [1.165, 1.54) is 20.0 Å². The highest BCUT2D eigenvalue weighted by Crippen LogP contribution is 2.19. The van der Waals surface area contributed by atoms with Gasteiger partial charge in [-0.3, -0.25) is 9.69 Å². The summed E-state index contributed by atoms with van der Waals surface area (Å²) in [5.74, 6) is 0.486. The van der Waals surface area contributed by atoms with Gasteiger partial charge >= 0.3 is 5.97 Å².